The summed E-state index contributed by atoms with van der Waals surface area (Å²) < 4.78 is 5.64. The molecule has 4 nitrogen and oxygen atoms in total. The molecule has 0 fully saturated rings. The Hall–Kier alpha value is -1.26. The molecule has 126 valence electrons. The van der Waals surface area contributed by atoms with E-state index < -0.39 is 0 Å². The fourth-order valence-corrected chi connectivity index (χ4v) is 2.25. The van der Waals surface area contributed by atoms with Crippen molar-refractivity contribution in [1.29, 1.82) is 0 Å². The van der Waals surface area contributed by atoms with Crippen LogP contribution in [0.25, 0.3) is 0 Å². The lowest BCUT2D eigenvalue weighted by Crippen LogP contribution is -2.41. The van der Waals surface area contributed by atoms with Crippen LogP contribution in [-0.2, 0) is 11.2 Å². The van der Waals surface area contributed by atoms with Crippen LogP contribution in [-0.4, -0.2) is 24.6 Å². The summed E-state index contributed by atoms with van der Waals surface area (Å²) in [5.74, 6) is 1.32. The second-order valence-corrected chi connectivity index (χ2v) is 6.12. The number of nitrogens with two attached hydrogens (primary N) is 1. The van der Waals surface area contributed by atoms with Crippen LogP contribution in [0.4, 0.5) is 0 Å². The molecule has 0 aliphatic heterocycles. The summed E-state index contributed by atoms with van der Waals surface area (Å²) in [6.45, 7) is 8.69. The number of carbonyl (C=O) groups excluding carboxylic acids is 1. The van der Waals surface area contributed by atoms with Gasteiger partial charge in [-0.05, 0) is 43.9 Å². The van der Waals surface area contributed by atoms with E-state index in [0.717, 1.165) is 17.7 Å². The van der Waals surface area contributed by atoms with Crippen molar-refractivity contribution in [3.63, 3.8) is 0 Å². The number of amides is 1. The topological polar surface area (TPSA) is 64.3 Å². The van der Waals surface area contributed by atoms with Crippen molar-refractivity contribution in [2.45, 2.75) is 52.7 Å². The van der Waals surface area contributed by atoms with Crippen molar-refractivity contribution < 1.29 is 9.53 Å². The number of ether oxygens (including phenoxy) is 1. The molecular weight excluding hydrogens is 300 g/mol. The molecule has 1 atom stereocenters. The molecule has 1 unspecified atom stereocenters. The molecule has 0 bridgehead atoms. The monoisotopic (exact) mass is 328 g/mol. The van der Waals surface area contributed by atoms with Gasteiger partial charge >= 0.3 is 0 Å². The highest BCUT2D eigenvalue weighted by molar-refractivity contribution is 5.85. The number of rotatable bonds is 8. The summed E-state index contributed by atoms with van der Waals surface area (Å²) in [5, 5.41) is 3.00. The molecule has 22 heavy (non-hydrogen) atoms. The summed E-state index contributed by atoms with van der Waals surface area (Å²) in [6.07, 6.45) is 1.38. The predicted molar refractivity (Wildman–Crippen MR) is 93.6 cm³/mol. The van der Waals surface area contributed by atoms with Crippen LogP contribution in [0, 0.1) is 5.92 Å². The van der Waals surface area contributed by atoms with Gasteiger partial charge in [0.2, 0.25) is 5.91 Å². The Morgan fingerprint density at radius 2 is 1.95 bits per heavy atom. The number of hydrogen-bond acceptors (Lipinski definition) is 3. The maximum absolute atomic E-state index is 12.1. The average molecular weight is 329 g/mol. The molecule has 0 aromatic heterocycles. The molecule has 3 N–H and O–H groups in total. The van der Waals surface area contributed by atoms with Crippen LogP contribution in [0.1, 0.15) is 39.7 Å². The van der Waals surface area contributed by atoms with E-state index in [9.17, 15) is 4.79 Å². The average Bonchev–Trinajstić information content (AvgIpc) is 2.36. The van der Waals surface area contributed by atoms with E-state index in [-0.39, 0.29) is 30.5 Å². The van der Waals surface area contributed by atoms with Crippen molar-refractivity contribution in [2.24, 2.45) is 11.7 Å². The van der Waals surface area contributed by atoms with Crippen molar-refractivity contribution in [3.05, 3.63) is 29.8 Å². The molecule has 5 heteroatoms. The first-order valence-corrected chi connectivity index (χ1v) is 7.65. The van der Waals surface area contributed by atoms with Crippen LogP contribution in [0.3, 0.4) is 0 Å². The normalized spacial score (nSPS) is 12.0. The van der Waals surface area contributed by atoms with E-state index in [1.54, 1.807) is 0 Å². The van der Waals surface area contributed by atoms with Crippen LogP contribution in [0.15, 0.2) is 24.3 Å². The van der Waals surface area contributed by atoms with Gasteiger partial charge in [0.1, 0.15) is 5.75 Å². The predicted octanol–water partition coefficient (Wildman–Crippen LogP) is 2.93. The lowest BCUT2D eigenvalue weighted by molar-refractivity contribution is -0.121. The number of carbonyl (C=O) groups is 1. The minimum atomic E-state index is 0. The summed E-state index contributed by atoms with van der Waals surface area (Å²) in [7, 11) is 0. The lowest BCUT2D eigenvalue weighted by atomic mass is 10.0. The summed E-state index contributed by atoms with van der Waals surface area (Å²) in [4.78, 5) is 12.1. The van der Waals surface area contributed by atoms with E-state index in [0.29, 0.717) is 18.9 Å². The molecule has 0 aliphatic rings. The number of halogens is 1. The van der Waals surface area contributed by atoms with Crippen molar-refractivity contribution in [1.82, 2.24) is 5.32 Å². The highest BCUT2D eigenvalue weighted by atomic mass is 35.5. The van der Waals surface area contributed by atoms with Gasteiger partial charge < -0.3 is 15.8 Å². The summed E-state index contributed by atoms with van der Waals surface area (Å²) >= 11 is 0. The lowest BCUT2D eigenvalue weighted by Gasteiger charge is -2.19. The minimum Gasteiger partial charge on any atom is -0.491 e. The highest BCUT2D eigenvalue weighted by Gasteiger charge is 2.13. The Kier molecular flexibility index (Phi) is 9.86. The van der Waals surface area contributed by atoms with Gasteiger partial charge in [-0.3, -0.25) is 4.79 Å². The number of nitrogens with one attached hydrogen (secondary N) is 1. The second-order valence-electron chi connectivity index (χ2n) is 6.12. The smallest absolute Gasteiger partial charge is 0.224 e. The molecule has 1 aromatic carbocycles. The van der Waals surface area contributed by atoms with E-state index in [1.807, 2.05) is 38.1 Å². The van der Waals surface area contributed by atoms with Gasteiger partial charge in [0.05, 0.1) is 12.5 Å². The maximum atomic E-state index is 12.1. The van der Waals surface area contributed by atoms with E-state index in [4.69, 9.17) is 10.5 Å². The van der Waals surface area contributed by atoms with Gasteiger partial charge in [0, 0.05) is 12.6 Å². The van der Waals surface area contributed by atoms with Crippen LogP contribution < -0.4 is 15.8 Å². The first-order chi connectivity index (χ1) is 9.90. The Morgan fingerprint density at radius 3 is 2.50 bits per heavy atom. The first kappa shape index (κ1) is 20.7. The third kappa shape index (κ3) is 8.25. The maximum Gasteiger partial charge on any atom is 0.224 e. The SMILES string of the molecule is CC(C)CC(CN)NC(=O)Cc1cccc(OC(C)C)c1.Cl. The van der Waals surface area contributed by atoms with Crippen molar-refractivity contribution in [3.8, 4) is 5.75 Å². The fraction of sp³-hybridized carbons (Fsp3) is 0.588. The van der Waals surface area contributed by atoms with Crippen LogP contribution in [0.2, 0.25) is 0 Å². The highest BCUT2D eigenvalue weighted by Crippen LogP contribution is 2.15. The Bertz CT molecular complexity index is 450. The second kappa shape index (κ2) is 10.5. The van der Waals surface area contributed by atoms with E-state index >= 15 is 0 Å². The molecule has 1 aromatic rings. The van der Waals surface area contributed by atoms with E-state index in [2.05, 4.69) is 19.2 Å². The first-order valence-electron chi connectivity index (χ1n) is 7.65. The summed E-state index contributed by atoms with van der Waals surface area (Å²) in [5.41, 5.74) is 6.66. The molecule has 1 rings (SSSR count). The Balaban J connectivity index is 0.00000441. The third-order valence-electron chi connectivity index (χ3n) is 3.04. The molecule has 1 amide bonds. The minimum absolute atomic E-state index is 0. The van der Waals surface area contributed by atoms with Gasteiger partial charge in [0.25, 0.3) is 0 Å². The van der Waals surface area contributed by atoms with Crippen molar-refractivity contribution >= 4 is 18.3 Å². The third-order valence-corrected chi connectivity index (χ3v) is 3.04. The number of hydrogen-bond donors (Lipinski definition) is 2. The molecule has 0 saturated carbocycles. The molecular formula is C17H29ClN2O2. The van der Waals surface area contributed by atoms with Crippen LogP contribution in [0.5, 0.6) is 5.75 Å². The Labute approximate surface area is 140 Å². The molecule has 0 radical (unpaired) electrons. The fourth-order valence-electron chi connectivity index (χ4n) is 2.25. The van der Waals surface area contributed by atoms with Gasteiger partial charge in [-0.1, -0.05) is 26.0 Å². The van der Waals surface area contributed by atoms with Gasteiger partial charge in [0.15, 0.2) is 0 Å². The van der Waals surface area contributed by atoms with Gasteiger partial charge in [-0.2, -0.15) is 0 Å². The quantitative estimate of drug-likeness (QED) is 0.771. The zero-order valence-electron chi connectivity index (χ0n) is 14.0. The molecule has 0 spiro atoms. The van der Waals surface area contributed by atoms with E-state index in [1.165, 1.54) is 0 Å². The zero-order valence-corrected chi connectivity index (χ0v) is 14.8. The standard InChI is InChI=1S/C17H28N2O2.ClH/c1-12(2)8-15(11-18)19-17(20)10-14-6-5-7-16(9-14)21-13(3)4;/h5-7,9,12-13,15H,8,10-11,18H2,1-4H3,(H,19,20);1H. The molecule has 0 heterocycles. The molecule has 0 aliphatic carbocycles. The zero-order chi connectivity index (χ0) is 15.8. The number of benzene rings is 1. The largest absolute Gasteiger partial charge is 0.491 e. The van der Waals surface area contributed by atoms with Crippen LogP contribution >= 0.6 is 12.4 Å². The van der Waals surface area contributed by atoms with Gasteiger partial charge in [-0.25, -0.2) is 0 Å². The Morgan fingerprint density at radius 1 is 1.27 bits per heavy atom. The van der Waals surface area contributed by atoms with Crippen molar-refractivity contribution in [2.75, 3.05) is 6.54 Å². The summed E-state index contributed by atoms with van der Waals surface area (Å²) in [6, 6.07) is 7.72. The molecule has 0 saturated heterocycles. The van der Waals surface area contributed by atoms with Gasteiger partial charge in [-0.15, -0.1) is 12.4 Å².